The van der Waals surface area contributed by atoms with Crippen molar-refractivity contribution in [2.45, 2.75) is 71.1 Å². The van der Waals surface area contributed by atoms with E-state index in [1.807, 2.05) is 6.07 Å². The van der Waals surface area contributed by atoms with Crippen molar-refractivity contribution in [3.63, 3.8) is 0 Å². The van der Waals surface area contributed by atoms with Gasteiger partial charge in [-0.2, -0.15) is 0 Å². The largest absolute Gasteiger partial charge is 0.489 e. The van der Waals surface area contributed by atoms with Crippen LogP contribution in [0.3, 0.4) is 0 Å². The number of hydrogen-bond acceptors (Lipinski definition) is 1. The lowest BCUT2D eigenvalue weighted by atomic mass is 10.1. The van der Waals surface area contributed by atoms with Crippen LogP contribution in [0.1, 0.15) is 71.1 Å². The van der Waals surface area contributed by atoms with Crippen molar-refractivity contribution in [1.29, 1.82) is 0 Å². The molecule has 0 saturated heterocycles. The molecular weight excluding hydrogens is 248 g/mol. The van der Waals surface area contributed by atoms with Crippen LogP contribution in [0.25, 0.3) is 0 Å². The predicted octanol–water partition coefficient (Wildman–Crippen LogP) is 6.13. The fourth-order valence-electron chi connectivity index (χ4n) is 2.34. The maximum absolute atomic E-state index is 11.4. The van der Waals surface area contributed by atoms with Crippen molar-refractivity contribution in [3.05, 3.63) is 24.3 Å². The number of para-hydroxylation sites is 2. The quantitative estimate of drug-likeness (QED) is 0.422. The molecule has 0 aliphatic carbocycles. The first kappa shape index (κ1) is 16.9. The molecule has 0 heterocycles. The van der Waals surface area contributed by atoms with Gasteiger partial charge in [-0.1, -0.05) is 76.8 Å². The number of rotatable bonds is 12. The minimum absolute atomic E-state index is 0.0143. The molecule has 0 aliphatic rings. The Bertz CT molecular complexity index is 336. The number of benzene rings is 1. The van der Waals surface area contributed by atoms with Crippen LogP contribution in [0.15, 0.2) is 24.3 Å². The molecule has 0 aromatic heterocycles. The van der Waals surface area contributed by atoms with E-state index in [0.717, 1.165) is 6.42 Å². The van der Waals surface area contributed by atoms with Crippen LogP contribution in [-0.2, 0) is 5.11 Å². The van der Waals surface area contributed by atoms with E-state index in [1.54, 1.807) is 18.2 Å². The van der Waals surface area contributed by atoms with Gasteiger partial charge in [-0.05, 0) is 18.6 Å². The second kappa shape index (κ2) is 11.6. The normalized spacial score (nSPS) is 10.7. The first-order valence-corrected chi connectivity index (χ1v) is 8.23. The van der Waals surface area contributed by atoms with Gasteiger partial charge >= 0.3 is 0 Å². The summed E-state index contributed by atoms with van der Waals surface area (Å²) in [6.45, 7) is 2.92. The molecule has 0 saturated carbocycles. The Morgan fingerprint density at radius 3 is 1.95 bits per heavy atom. The van der Waals surface area contributed by atoms with Crippen molar-refractivity contribution in [2.24, 2.45) is 0 Å². The second-order valence-corrected chi connectivity index (χ2v) is 5.48. The van der Waals surface area contributed by atoms with Crippen molar-refractivity contribution in [2.75, 3.05) is 6.61 Å². The smallest absolute Gasteiger partial charge is 0.220 e. The summed E-state index contributed by atoms with van der Waals surface area (Å²) in [4.78, 5) is 0. The molecule has 113 valence electrons. The monoisotopic (exact) mass is 277 g/mol. The SMILES string of the molecule is CCCCCCCCCCCCOc1ccccc1[O]. The summed E-state index contributed by atoms with van der Waals surface area (Å²) >= 11 is 0. The third-order valence-corrected chi connectivity index (χ3v) is 3.60. The highest BCUT2D eigenvalue weighted by molar-refractivity contribution is 5.37. The lowest BCUT2D eigenvalue weighted by molar-refractivity contribution is 0.269. The molecule has 0 unspecified atom stereocenters. The van der Waals surface area contributed by atoms with E-state index < -0.39 is 0 Å². The molecule has 0 atom stereocenters. The van der Waals surface area contributed by atoms with Crippen molar-refractivity contribution in [1.82, 2.24) is 0 Å². The summed E-state index contributed by atoms with van der Waals surface area (Å²) in [6, 6.07) is 6.89. The van der Waals surface area contributed by atoms with Crippen LogP contribution in [-0.4, -0.2) is 6.61 Å². The Labute approximate surface area is 124 Å². The minimum Gasteiger partial charge on any atom is -0.489 e. The first-order chi connectivity index (χ1) is 9.84. The van der Waals surface area contributed by atoms with Gasteiger partial charge in [-0.3, -0.25) is 5.11 Å². The molecule has 0 amide bonds. The zero-order valence-corrected chi connectivity index (χ0v) is 12.9. The van der Waals surface area contributed by atoms with Crippen LogP contribution in [0.5, 0.6) is 11.5 Å². The van der Waals surface area contributed by atoms with Gasteiger partial charge in [0.2, 0.25) is 5.75 Å². The van der Waals surface area contributed by atoms with Crippen LogP contribution < -0.4 is 4.74 Å². The molecule has 1 rings (SSSR count). The maximum atomic E-state index is 11.4. The van der Waals surface area contributed by atoms with Crippen molar-refractivity contribution in [3.8, 4) is 11.5 Å². The number of ether oxygens (including phenoxy) is 1. The molecule has 0 fully saturated rings. The Morgan fingerprint density at radius 1 is 0.800 bits per heavy atom. The van der Waals surface area contributed by atoms with E-state index in [-0.39, 0.29) is 5.75 Å². The molecule has 1 aromatic rings. The summed E-state index contributed by atoms with van der Waals surface area (Å²) in [5.74, 6) is 0.475. The fraction of sp³-hybridized carbons (Fsp3) is 0.667. The number of unbranched alkanes of at least 4 members (excludes halogenated alkanes) is 9. The molecular formula is C18H29O2. The van der Waals surface area contributed by atoms with Gasteiger partial charge in [0.05, 0.1) is 6.61 Å². The fourth-order valence-corrected chi connectivity index (χ4v) is 2.34. The van der Waals surface area contributed by atoms with Gasteiger partial charge in [0, 0.05) is 0 Å². The average molecular weight is 277 g/mol. The highest BCUT2D eigenvalue weighted by atomic mass is 16.5. The molecule has 0 bridgehead atoms. The third kappa shape index (κ3) is 8.08. The lowest BCUT2D eigenvalue weighted by Gasteiger charge is -2.06. The van der Waals surface area contributed by atoms with Crippen molar-refractivity contribution < 1.29 is 9.84 Å². The first-order valence-electron chi connectivity index (χ1n) is 8.23. The molecule has 2 heteroatoms. The Hall–Kier alpha value is -1.18. The molecule has 1 aromatic carbocycles. The van der Waals surface area contributed by atoms with Crippen LogP contribution in [0.4, 0.5) is 0 Å². The average Bonchev–Trinajstić information content (AvgIpc) is 2.46. The summed E-state index contributed by atoms with van der Waals surface area (Å²) in [5.41, 5.74) is 0. The van der Waals surface area contributed by atoms with Crippen LogP contribution >= 0.6 is 0 Å². The van der Waals surface area contributed by atoms with E-state index in [0.29, 0.717) is 12.4 Å². The summed E-state index contributed by atoms with van der Waals surface area (Å²) in [7, 11) is 0. The minimum atomic E-state index is -0.0143. The van der Waals surface area contributed by atoms with Crippen LogP contribution in [0, 0.1) is 0 Å². The molecule has 1 radical (unpaired) electrons. The molecule has 2 nitrogen and oxygen atoms in total. The molecule has 0 aliphatic heterocycles. The van der Waals surface area contributed by atoms with E-state index >= 15 is 0 Å². The van der Waals surface area contributed by atoms with Gasteiger partial charge in [0.1, 0.15) is 0 Å². The van der Waals surface area contributed by atoms with E-state index in [2.05, 4.69) is 6.92 Å². The van der Waals surface area contributed by atoms with E-state index in [4.69, 9.17) is 4.74 Å². The standard InChI is InChI=1S/C18H29O2/c1-2-3-4-5-6-7-8-9-10-13-16-20-18-15-12-11-14-17(18)19/h11-12,14-15H,2-10,13,16H2,1H3. The third-order valence-electron chi connectivity index (χ3n) is 3.60. The summed E-state index contributed by atoms with van der Waals surface area (Å²) < 4.78 is 5.50. The van der Waals surface area contributed by atoms with E-state index in [9.17, 15) is 5.11 Å². The second-order valence-electron chi connectivity index (χ2n) is 5.48. The summed E-state index contributed by atoms with van der Waals surface area (Å²) in [5, 5.41) is 11.4. The number of hydrogen-bond donors (Lipinski definition) is 0. The van der Waals surface area contributed by atoms with Crippen LogP contribution in [0.2, 0.25) is 0 Å². The Kier molecular flexibility index (Phi) is 9.81. The summed E-state index contributed by atoms with van der Waals surface area (Å²) in [6.07, 6.45) is 13.1. The Balaban J connectivity index is 1.87. The molecule has 20 heavy (non-hydrogen) atoms. The van der Waals surface area contributed by atoms with Crippen molar-refractivity contribution >= 4 is 0 Å². The molecule has 0 spiro atoms. The topological polar surface area (TPSA) is 29.1 Å². The van der Waals surface area contributed by atoms with Gasteiger partial charge in [-0.25, -0.2) is 0 Å². The van der Waals surface area contributed by atoms with Gasteiger partial charge in [0.15, 0.2) is 5.75 Å². The highest BCUT2D eigenvalue weighted by Gasteiger charge is 2.01. The predicted molar refractivity (Wildman–Crippen MR) is 83.9 cm³/mol. The zero-order chi connectivity index (χ0) is 14.5. The van der Waals surface area contributed by atoms with Gasteiger partial charge in [0.25, 0.3) is 0 Å². The highest BCUT2D eigenvalue weighted by Crippen LogP contribution is 2.25. The molecule has 0 N–H and O–H groups in total. The van der Waals surface area contributed by atoms with Gasteiger partial charge in [-0.15, -0.1) is 0 Å². The Morgan fingerprint density at radius 2 is 1.35 bits per heavy atom. The van der Waals surface area contributed by atoms with Gasteiger partial charge < -0.3 is 4.74 Å². The zero-order valence-electron chi connectivity index (χ0n) is 12.9. The lowest BCUT2D eigenvalue weighted by Crippen LogP contribution is -1.97. The van der Waals surface area contributed by atoms with E-state index in [1.165, 1.54) is 57.8 Å². The maximum Gasteiger partial charge on any atom is 0.220 e.